The first-order chi connectivity index (χ1) is 11.4. The number of carbonyl (C=O) groups is 1. The Kier molecular flexibility index (Phi) is 5.68. The molecule has 0 radical (unpaired) electrons. The van der Waals surface area contributed by atoms with Gasteiger partial charge in [0, 0.05) is 17.7 Å². The fourth-order valence-electron chi connectivity index (χ4n) is 1.79. The predicted molar refractivity (Wildman–Crippen MR) is 95.5 cm³/mol. The molecule has 24 heavy (non-hydrogen) atoms. The lowest BCUT2D eigenvalue weighted by atomic mass is 10.2. The van der Waals surface area contributed by atoms with E-state index in [0.29, 0.717) is 14.9 Å². The Morgan fingerprint density at radius 2 is 2.04 bits per heavy atom. The summed E-state index contributed by atoms with van der Waals surface area (Å²) in [7, 11) is 1.43. The number of hydrazone groups is 1. The Bertz CT molecular complexity index is 806. The van der Waals surface area contributed by atoms with E-state index in [1.807, 2.05) is 22.6 Å². The maximum atomic E-state index is 11.9. The van der Waals surface area contributed by atoms with Crippen LogP contribution >= 0.6 is 22.6 Å². The van der Waals surface area contributed by atoms with Gasteiger partial charge >= 0.3 is 0 Å². The molecular formula is C15H12IN3O5. The number of phenols is 1. The minimum atomic E-state index is -0.542. The van der Waals surface area contributed by atoms with Crippen molar-refractivity contribution in [1.82, 2.24) is 5.43 Å². The van der Waals surface area contributed by atoms with Crippen LogP contribution in [0, 0.1) is 13.7 Å². The van der Waals surface area contributed by atoms with Crippen LogP contribution in [0.3, 0.4) is 0 Å². The Hall–Kier alpha value is -2.69. The molecule has 0 spiro atoms. The van der Waals surface area contributed by atoms with Gasteiger partial charge in [0.2, 0.25) is 0 Å². The average molecular weight is 441 g/mol. The van der Waals surface area contributed by atoms with Crippen molar-refractivity contribution >= 4 is 40.4 Å². The second-order valence-corrected chi connectivity index (χ2v) is 5.72. The van der Waals surface area contributed by atoms with E-state index >= 15 is 0 Å². The largest absolute Gasteiger partial charge is 0.504 e. The summed E-state index contributed by atoms with van der Waals surface area (Å²) in [6.45, 7) is 0. The number of carbonyl (C=O) groups excluding carboxylic acids is 1. The zero-order valence-electron chi connectivity index (χ0n) is 12.4. The SMILES string of the molecule is COc1cc(C=NNC(=O)c2ccc([N+](=O)[O-])cc2)cc(I)c1O. The van der Waals surface area contributed by atoms with Gasteiger partial charge in [0.25, 0.3) is 11.6 Å². The highest BCUT2D eigenvalue weighted by Crippen LogP contribution is 2.31. The highest BCUT2D eigenvalue weighted by atomic mass is 127. The third-order valence-corrected chi connectivity index (χ3v) is 3.81. The number of amides is 1. The van der Waals surface area contributed by atoms with Crippen LogP contribution in [0.5, 0.6) is 11.5 Å². The van der Waals surface area contributed by atoms with Crippen LogP contribution in [0.25, 0.3) is 0 Å². The van der Waals surface area contributed by atoms with E-state index in [2.05, 4.69) is 10.5 Å². The molecule has 2 aromatic rings. The molecule has 0 aliphatic heterocycles. The van der Waals surface area contributed by atoms with Gasteiger partial charge in [0.05, 0.1) is 21.8 Å². The molecule has 1 amide bonds. The molecule has 0 unspecified atom stereocenters. The number of halogens is 1. The van der Waals surface area contributed by atoms with Gasteiger partial charge in [-0.15, -0.1) is 0 Å². The Morgan fingerprint density at radius 1 is 1.38 bits per heavy atom. The van der Waals surface area contributed by atoms with Crippen LogP contribution in [0.15, 0.2) is 41.5 Å². The number of hydrogen-bond donors (Lipinski definition) is 2. The first kappa shape index (κ1) is 17.7. The van der Waals surface area contributed by atoms with Crippen molar-refractivity contribution < 1.29 is 19.6 Å². The summed E-state index contributed by atoms with van der Waals surface area (Å²) in [4.78, 5) is 21.9. The van der Waals surface area contributed by atoms with Crippen LogP contribution in [0.1, 0.15) is 15.9 Å². The van der Waals surface area contributed by atoms with Crippen molar-refractivity contribution in [3.63, 3.8) is 0 Å². The molecule has 0 bridgehead atoms. The third-order valence-electron chi connectivity index (χ3n) is 2.99. The molecule has 0 aliphatic carbocycles. The maximum absolute atomic E-state index is 11.9. The number of nitro benzene ring substituents is 1. The van der Waals surface area contributed by atoms with Gasteiger partial charge in [0.1, 0.15) is 0 Å². The second-order valence-electron chi connectivity index (χ2n) is 4.56. The number of hydrogen-bond acceptors (Lipinski definition) is 6. The summed E-state index contributed by atoms with van der Waals surface area (Å²) in [5, 5.41) is 24.1. The Balaban J connectivity index is 2.07. The number of aromatic hydroxyl groups is 1. The fourth-order valence-corrected chi connectivity index (χ4v) is 2.41. The smallest absolute Gasteiger partial charge is 0.271 e. The Morgan fingerprint density at radius 3 is 2.62 bits per heavy atom. The molecule has 8 nitrogen and oxygen atoms in total. The molecule has 2 aromatic carbocycles. The molecule has 0 atom stereocenters. The van der Waals surface area contributed by atoms with Crippen molar-refractivity contribution in [1.29, 1.82) is 0 Å². The lowest BCUT2D eigenvalue weighted by Gasteiger charge is -2.06. The van der Waals surface area contributed by atoms with Gasteiger partial charge in [-0.25, -0.2) is 5.43 Å². The zero-order valence-corrected chi connectivity index (χ0v) is 14.6. The second kappa shape index (κ2) is 7.73. The van der Waals surface area contributed by atoms with E-state index in [-0.39, 0.29) is 17.0 Å². The van der Waals surface area contributed by atoms with Crippen molar-refractivity contribution in [3.05, 3.63) is 61.2 Å². The zero-order chi connectivity index (χ0) is 17.7. The topological polar surface area (TPSA) is 114 Å². The van der Waals surface area contributed by atoms with E-state index in [1.54, 1.807) is 12.1 Å². The molecule has 2 N–H and O–H groups in total. The van der Waals surface area contributed by atoms with Gasteiger partial charge in [-0.05, 0) is 52.4 Å². The minimum Gasteiger partial charge on any atom is -0.504 e. The van der Waals surface area contributed by atoms with Crippen molar-refractivity contribution in [2.75, 3.05) is 7.11 Å². The van der Waals surface area contributed by atoms with Gasteiger partial charge in [0.15, 0.2) is 11.5 Å². The molecule has 0 fully saturated rings. The van der Waals surface area contributed by atoms with Crippen LogP contribution in [-0.4, -0.2) is 29.3 Å². The van der Waals surface area contributed by atoms with Crippen LogP contribution < -0.4 is 10.2 Å². The molecule has 9 heteroatoms. The van der Waals surface area contributed by atoms with Crippen molar-refractivity contribution in [2.45, 2.75) is 0 Å². The van der Waals surface area contributed by atoms with E-state index < -0.39 is 10.8 Å². The van der Waals surface area contributed by atoms with Gasteiger partial charge in [-0.3, -0.25) is 14.9 Å². The standard InChI is InChI=1S/C15H12IN3O5/c1-24-13-7-9(6-12(16)14(13)20)8-17-18-15(21)10-2-4-11(5-3-10)19(22)23/h2-8,20H,1H3,(H,18,21). The highest BCUT2D eigenvalue weighted by molar-refractivity contribution is 14.1. The maximum Gasteiger partial charge on any atom is 0.271 e. The first-order valence-electron chi connectivity index (χ1n) is 6.56. The number of nitrogens with zero attached hydrogens (tertiary/aromatic N) is 2. The normalized spacial score (nSPS) is 10.6. The number of phenolic OH excluding ortho intramolecular Hbond substituents is 1. The number of nitrogens with one attached hydrogen (secondary N) is 1. The van der Waals surface area contributed by atoms with Gasteiger partial charge in [-0.2, -0.15) is 5.10 Å². The molecule has 0 heterocycles. The quantitative estimate of drug-likeness (QED) is 0.321. The van der Waals surface area contributed by atoms with Gasteiger partial charge in [-0.1, -0.05) is 0 Å². The monoisotopic (exact) mass is 441 g/mol. The fraction of sp³-hybridized carbons (Fsp3) is 0.0667. The van der Waals surface area contributed by atoms with Crippen LogP contribution in [0.2, 0.25) is 0 Å². The molecule has 0 saturated heterocycles. The molecule has 0 saturated carbocycles. The minimum absolute atomic E-state index is 0.0326. The average Bonchev–Trinajstić information content (AvgIpc) is 2.57. The number of rotatable bonds is 5. The van der Waals surface area contributed by atoms with E-state index in [1.165, 1.54) is 37.6 Å². The number of nitro groups is 1. The summed E-state index contributed by atoms with van der Waals surface area (Å²) in [6, 6.07) is 8.40. The number of non-ortho nitro benzene ring substituents is 1. The summed E-state index contributed by atoms with van der Waals surface area (Å²) in [6.07, 6.45) is 1.40. The van der Waals surface area contributed by atoms with Crippen LogP contribution in [0.4, 0.5) is 5.69 Å². The lowest BCUT2D eigenvalue weighted by Crippen LogP contribution is -2.17. The molecular weight excluding hydrogens is 429 g/mol. The predicted octanol–water partition coefficient (Wildman–Crippen LogP) is 2.68. The van der Waals surface area contributed by atoms with E-state index in [4.69, 9.17) is 4.74 Å². The van der Waals surface area contributed by atoms with Crippen molar-refractivity contribution in [2.24, 2.45) is 5.10 Å². The van der Waals surface area contributed by atoms with Crippen molar-refractivity contribution in [3.8, 4) is 11.5 Å². The molecule has 0 aromatic heterocycles. The number of benzene rings is 2. The number of ether oxygens (including phenoxy) is 1. The summed E-state index contributed by atoms with van der Waals surface area (Å²) in [5.41, 5.74) is 3.10. The molecule has 124 valence electrons. The highest BCUT2D eigenvalue weighted by Gasteiger charge is 2.09. The number of methoxy groups -OCH3 is 1. The summed E-state index contributed by atoms with van der Waals surface area (Å²) >= 11 is 1.95. The van der Waals surface area contributed by atoms with E-state index in [9.17, 15) is 20.0 Å². The summed E-state index contributed by atoms with van der Waals surface area (Å²) in [5.74, 6) is -0.170. The third kappa shape index (κ3) is 4.19. The molecule has 0 aliphatic rings. The van der Waals surface area contributed by atoms with Gasteiger partial charge < -0.3 is 9.84 Å². The molecule has 2 rings (SSSR count). The van der Waals surface area contributed by atoms with Crippen LogP contribution in [-0.2, 0) is 0 Å². The summed E-state index contributed by atoms with van der Waals surface area (Å²) < 4.78 is 5.61. The lowest BCUT2D eigenvalue weighted by molar-refractivity contribution is -0.384. The Labute approximate surface area is 150 Å². The van der Waals surface area contributed by atoms with E-state index in [0.717, 1.165) is 0 Å². The first-order valence-corrected chi connectivity index (χ1v) is 7.64.